The van der Waals surface area contributed by atoms with Crippen LogP contribution in [-0.2, 0) is 16.0 Å². The number of carbonyl (C=O) groups excluding carboxylic acids is 2. The fraction of sp³-hybridized carbons (Fsp3) is 0.400. The fourth-order valence-corrected chi connectivity index (χ4v) is 6.63. The van der Waals surface area contributed by atoms with Crippen molar-refractivity contribution in [1.82, 2.24) is 14.7 Å². The minimum absolute atomic E-state index is 0.0736. The van der Waals surface area contributed by atoms with E-state index >= 15 is 0 Å². The van der Waals surface area contributed by atoms with Crippen LogP contribution in [0.2, 0.25) is 0 Å². The second-order valence-electron chi connectivity index (χ2n) is 9.91. The molecule has 1 aromatic heterocycles. The van der Waals surface area contributed by atoms with Crippen LogP contribution >= 0.6 is 11.3 Å². The Hall–Kier alpha value is -3.03. The maximum absolute atomic E-state index is 14.1. The molecule has 1 fully saturated rings. The SMILES string of the molecule is CC[C@@H](C(=O)N1CCCN(C(=O)CN2CCc3sccc3[C@@H]2c2cccc(F)c2)CC1)c1ccccc1. The van der Waals surface area contributed by atoms with Gasteiger partial charge in [0.05, 0.1) is 18.5 Å². The fourth-order valence-electron chi connectivity index (χ4n) is 5.73. The summed E-state index contributed by atoms with van der Waals surface area (Å²) in [7, 11) is 0. The van der Waals surface area contributed by atoms with Crippen molar-refractivity contribution in [2.45, 2.75) is 38.1 Å². The van der Waals surface area contributed by atoms with Crippen molar-refractivity contribution < 1.29 is 14.0 Å². The first kappa shape index (κ1) is 25.6. The van der Waals surface area contributed by atoms with Crippen LogP contribution in [0.4, 0.5) is 4.39 Å². The van der Waals surface area contributed by atoms with E-state index in [9.17, 15) is 14.0 Å². The largest absolute Gasteiger partial charge is 0.340 e. The van der Waals surface area contributed by atoms with E-state index in [2.05, 4.69) is 23.3 Å². The van der Waals surface area contributed by atoms with Crippen LogP contribution in [0.3, 0.4) is 0 Å². The Labute approximate surface area is 222 Å². The van der Waals surface area contributed by atoms with Gasteiger partial charge in [-0.2, -0.15) is 0 Å². The Morgan fingerprint density at radius 2 is 1.76 bits per heavy atom. The highest BCUT2D eigenvalue weighted by molar-refractivity contribution is 7.10. The molecule has 2 atom stereocenters. The number of hydrogen-bond acceptors (Lipinski definition) is 4. The predicted molar refractivity (Wildman–Crippen MR) is 145 cm³/mol. The molecule has 0 saturated carbocycles. The van der Waals surface area contributed by atoms with Crippen LogP contribution in [0.5, 0.6) is 0 Å². The zero-order chi connectivity index (χ0) is 25.8. The maximum Gasteiger partial charge on any atom is 0.236 e. The first-order chi connectivity index (χ1) is 18.0. The van der Waals surface area contributed by atoms with E-state index in [1.54, 1.807) is 23.5 Å². The standard InChI is InChI=1S/C30H34FN3O2S/c1-2-25(22-8-4-3-5-9-22)30(36)33-15-7-14-32(17-18-33)28(35)21-34-16-12-27-26(13-19-37-27)29(34)23-10-6-11-24(31)20-23/h3-6,8-11,13,19-20,25,29H,2,7,12,14-18,21H2,1H3/t25-,29+/m1/s1. The van der Waals surface area contributed by atoms with Crippen molar-refractivity contribution in [3.8, 4) is 0 Å². The number of hydrogen-bond donors (Lipinski definition) is 0. The molecule has 37 heavy (non-hydrogen) atoms. The highest BCUT2D eigenvalue weighted by Crippen LogP contribution is 2.37. The molecule has 3 aromatic rings. The van der Waals surface area contributed by atoms with Crippen molar-refractivity contribution in [1.29, 1.82) is 0 Å². The zero-order valence-electron chi connectivity index (χ0n) is 21.3. The number of rotatable bonds is 6. The molecule has 5 rings (SSSR count). The molecule has 0 bridgehead atoms. The van der Waals surface area contributed by atoms with Gasteiger partial charge in [0.25, 0.3) is 0 Å². The van der Waals surface area contributed by atoms with Crippen LogP contribution < -0.4 is 0 Å². The third-order valence-corrected chi connectivity index (χ3v) is 8.63. The molecule has 2 aliphatic heterocycles. The normalized spacial score (nSPS) is 19.2. The summed E-state index contributed by atoms with van der Waals surface area (Å²) >= 11 is 1.73. The molecular weight excluding hydrogens is 485 g/mol. The molecule has 2 aliphatic rings. The van der Waals surface area contributed by atoms with Crippen LogP contribution in [0.25, 0.3) is 0 Å². The van der Waals surface area contributed by atoms with E-state index in [0.29, 0.717) is 26.2 Å². The topological polar surface area (TPSA) is 43.9 Å². The van der Waals surface area contributed by atoms with E-state index in [1.165, 1.54) is 16.5 Å². The number of carbonyl (C=O) groups is 2. The molecule has 0 aliphatic carbocycles. The summed E-state index contributed by atoms with van der Waals surface area (Å²) < 4.78 is 14.1. The minimum atomic E-state index is -0.260. The Morgan fingerprint density at radius 3 is 2.54 bits per heavy atom. The molecule has 5 nitrogen and oxygen atoms in total. The first-order valence-corrected chi connectivity index (χ1v) is 14.1. The maximum atomic E-state index is 14.1. The summed E-state index contributed by atoms with van der Waals surface area (Å²) in [5.41, 5.74) is 3.11. The number of nitrogens with zero attached hydrogens (tertiary/aromatic N) is 3. The van der Waals surface area contributed by atoms with E-state index in [4.69, 9.17) is 0 Å². The van der Waals surface area contributed by atoms with Gasteiger partial charge in [-0.15, -0.1) is 11.3 Å². The van der Waals surface area contributed by atoms with E-state index in [1.807, 2.05) is 46.2 Å². The summed E-state index contributed by atoms with van der Waals surface area (Å²) in [6.45, 7) is 5.50. The van der Waals surface area contributed by atoms with Gasteiger partial charge in [-0.05, 0) is 59.5 Å². The lowest BCUT2D eigenvalue weighted by Crippen LogP contribution is -2.45. The van der Waals surface area contributed by atoms with Crippen LogP contribution in [0.1, 0.15) is 53.3 Å². The van der Waals surface area contributed by atoms with Crippen molar-refractivity contribution >= 4 is 23.2 Å². The molecule has 2 aromatic carbocycles. The molecule has 0 unspecified atom stereocenters. The molecule has 7 heteroatoms. The minimum Gasteiger partial charge on any atom is -0.340 e. The third kappa shape index (κ3) is 5.63. The van der Waals surface area contributed by atoms with Crippen molar-refractivity contribution in [2.24, 2.45) is 0 Å². The van der Waals surface area contributed by atoms with Gasteiger partial charge in [0.15, 0.2) is 0 Å². The summed E-state index contributed by atoms with van der Waals surface area (Å²) in [6, 6.07) is 18.7. The summed E-state index contributed by atoms with van der Waals surface area (Å²) in [5.74, 6) is -0.187. The van der Waals surface area contributed by atoms with Crippen LogP contribution in [0, 0.1) is 5.82 Å². The number of amides is 2. The zero-order valence-corrected chi connectivity index (χ0v) is 22.1. The van der Waals surface area contributed by atoms with Crippen molar-refractivity contribution in [2.75, 3.05) is 39.3 Å². The van der Waals surface area contributed by atoms with Gasteiger partial charge in [-0.3, -0.25) is 14.5 Å². The smallest absolute Gasteiger partial charge is 0.236 e. The average Bonchev–Trinajstić information content (AvgIpc) is 3.25. The lowest BCUT2D eigenvalue weighted by Gasteiger charge is -2.37. The summed E-state index contributed by atoms with van der Waals surface area (Å²) in [4.78, 5) is 34.2. The molecule has 0 spiro atoms. The number of fused-ring (bicyclic) bond motifs is 1. The monoisotopic (exact) mass is 519 g/mol. The molecule has 3 heterocycles. The van der Waals surface area contributed by atoms with Gasteiger partial charge in [0, 0.05) is 37.6 Å². The van der Waals surface area contributed by atoms with Gasteiger partial charge in [-0.1, -0.05) is 49.4 Å². The average molecular weight is 520 g/mol. The quantitative estimate of drug-likeness (QED) is 0.456. The van der Waals surface area contributed by atoms with E-state index < -0.39 is 0 Å². The molecule has 1 saturated heterocycles. The van der Waals surface area contributed by atoms with Crippen molar-refractivity contribution in [3.63, 3.8) is 0 Å². The summed E-state index contributed by atoms with van der Waals surface area (Å²) in [6.07, 6.45) is 2.42. The Morgan fingerprint density at radius 1 is 0.973 bits per heavy atom. The lowest BCUT2D eigenvalue weighted by molar-refractivity contribution is -0.135. The molecular formula is C30H34FN3O2S. The van der Waals surface area contributed by atoms with Gasteiger partial charge in [0.1, 0.15) is 5.82 Å². The van der Waals surface area contributed by atoms with Crippen LogP contribution in [-0.4, -0.2) is 65.8 Å². The van der Waals surface area contributed by atoms with Gasteiger partial charge in [0.2, 0.25) is 11.8 Å². The van der Waals surface area contributed by atoms with Gasteiger partial charge < -0.3 is 9.80 Å². The lowest BCUT2D eigenvalue weighted by atomic mass is 9.93. The first-order valence-electron chi connectivity index (χ1n) is 13.2. The van der Waals surface area contributed by atoms with E-state index in [0.717, 1.165) is 36.9 Å². The Balaban J connectivity index is 1.26. The Kier molecular flexibility index (Phi) is 8.01. The molecule has 2 amide bonds. The second kappa shape index (κ2) is 11.6. The van der Waals surface area contributed by atoms with E-state index in [-0.39, 0.29) is 36.1 Å². The molecule has 194 valence electrons. The summed E-state index contributed by atoms with van der Waals surface area (Å²) in [5, 5.41) is 2.09. The third-order valence-electron chi connectivity index (χ3n) is 7.64. The highest BCUT2D eigenvalue weighted by atomic mass is 32.1. The predicted octanol–water partition coefficient (Wildman–Crippen LogP) is 5.09. The highest BCUT2D eigenvalue weighted by Gasteiger charge is 2.33. The number of halogens is 1. The Bertz CT molecular complexity index is 1230. The second-order valence-corrected chi connectivity index (χ2v) is 10.9. The number of benzene rings is 2. The van der Waals surface area contributed by atoms with Crippen LogP contribution in [0.15, 0.2) is 66.0 Å². The molecule has 0 radical (unpaired) electrons. The van der Waals surface area contributed by atoms with Gasteiger partial charge in [-0.25, -0.2) is 4.39 Å². The molecule has 0 N–H and O–H groups in total. The van der Waals surface area contributed by atoms with Crippen molar-refractivity contribution in [3.05, 3.63) is 93.4 Å². The number of thiophene rings is 1. The van der Waals surface area contributed by atoms with Gasteiger partial charge >= 0.3 is 0 Å².